The second-order valence-corrected chi connectivity index (χ2v) is 8.79. The van der Waals surface area contributed by atoms with Gasteiger partial charge in [0, 0.05) is 37.9 Å². The second kappa shape index (κ2) is 10.1. The molecular weight excluding hydrogens is 442 g/mol. The van der Waals surface area contributed by atoms with E-state index in [9.17, 15) is 9.59 Å². The zero-order valence-corrected chi connectivity index (χ0v) is 19.6. The maximum Gasteiger partial charge on any atom is 0.263 e. The quantitative estimate of drug-likeness (QED) is 0.431. The van der Waals surface area contributed by atoms with Crippen molar-refractivity contribution in [2.24, 2.45) is 0 Å². The molecule has 0 aliphatic carbocycles. The second-order valence-electron chi connectivity index (χ2n) is 8.79. The van der Waals surface area contributed by atoms with E-state index in [1.54, 1.807) is 27.8 Å². The highest BCUT2D eigenvalue weighted by Crippen LogP contribution is 2.17. The van der Waals surface area contributed by atoms with Crippen LogP contribution in [0.3, 0.4) is 0 Å². The van der Waals surface area contributed by atoms with Gasteiger partial charge in [-0.1, -0.05) is 65.3 Å². The minimum absolute atomic E-state index is 0.205. The van der Waals surface area contributed by atoms with E-state index in [0.29, 0.717) is 51.0 Å². The van der Waals surface area contributed by atoms with Crippen molar-refractivity contribution in [2.45, 2.75) is 20.0 Å². The first-order valence-electron chi connectivity index (χ1n) is 11.7. The van der Waals surface area contributed by atoms with Gasteiger partial charge >= 0.3 is 0 Å². The van der Waals surface area contributed by atoms with E-state index in [4.69, 9.17) is 4.52 Å². The average Bonchev–Trinajstić information content (AvgIpc) is 3.35. The molecule has 1 aliphatic rings. The van der Waals surface area contributed by atoms with Crippen LogP contribution in [-0.4, -0.2) is 56.6 Å². The number of piperazine rings is 1. The Kier molecular flexibility index (Phi) is 6.54. The number of benzene rings is 2. The van der Waals surface area contributed by atoms with E-state index in [1.807, 2.05) is 61.5 Å². The third-order valence-corrected chi connectivity index (χ3v) is 6.24. The molecule has 8 nitrogen and oxygen atoms in total. The summed E-state index contributed by atoms with van der Waals surface area (Å²) in [7, 11) is 0. The number of rotatable bonds is 6. The highest BCUT2D eigenvalue weighted by Gasteiger charge is 2.25. The molecule has 1 amide bonds. The Bertz CT molecular complexity index is 1350. The number of carbonyl (C=O) groups excluding carboxylic acids is 1. The highest BCUT2D eigenvalue weighted by atomic mass is 16.5. The zero-order chi connectivity index (χ0) is 24.2. The summed E-state index contributed by atoms with van der Waals surface area (Å²) in [5.41, 5.74) is 3.05. The lowest BCUT2D eigenvalue weighted by molar-refractivity contribution is 0.0612. The Hall–Kier alpha value is -4.04. The van der Waals surface area contributed by atoms with Gasteiger partial charge in [-0.2, -0.15) is 4.98 Å². The van der Waals surface area contributed by atoms with Crippen LogP contribution in [0.1, 0.15) is 27.4 Å². The molecule has 0 atom stereocenters. The summed E-state index contributed by atoms with van der Waals surface area (Å²) in [5, 5.41) is 4.10. The van der Waals surface area contributed by atoms with Gasteiger partial charge in [0.15, 0.2) is 0 Å². The van der Waals surface area contributed by atoms with Crippen molar-refractivity contribution >= 4 is 5.91 Å². The van der Waals surface area contributed by atoms with Gasteiger partial charge in [-0.25, -0.2) is 0 Å². The number of aryl methyl sites for hydroxylation is 1. The molecule has 0 N–H and O–H groups in total. The maximum absolute atomic E-state index is 13.1. The zero-order valence-electron chi connectivity index (χ0n) is 19.6. The third kappa shape index (κ3) is 5.22. The number of pyridine rings is 1. The van der Waals surface area contributed by atoms with Crippen LogP contribution in [0, 0.1) is 6.92 Å². The Morgan fingerprint density at radius 1 is 0.914 bits per heavy atom. The van der Waals surface area contributed by atoms with Crippen LogP contribution in [0.4, 0.5) is 0 Å². The largest absolute Gasteiger partial charge is 0.338 e. The first-order valence-corrected chi connectivity index (χ1v) is 11.7. The fraction of sp³-hybridized carbons (Fsp3) is 0.259. The molecule has 4 aromatic rings. The maximum atomic E-state index is 13.1. The summed E-state index contributed by atoms with van der Waals surface area (Å²) < 4.78 is 7.03. The van der Waals surface area contributed by atoms with Gasteiger partial charge in [0.05, 0.1) is 13.1 Å². The number of aromatic nitrogens is 3. The Labute approximate surface area is 203 Å². The number of amides is 1. The van der Waals surface area contributed by atoms with Crippen molar-refractivity contribution in [3.63, 3.8) is 0 Å². The van der Waals surface area contributed by atoms with Gasteiger partial charge < -0.3 is 14.0 Å². The predicted octanol–water partition coefficient (Wildman–Crippen LogP) is 3.21. The molecular formula is C27H27N5O3. The lowest BCUT2D eigenvalue weighted by atomic mass is 10.1. The number of carbonyl (C=O) groups is 1. The number of hydrogen-bond acceptors (Lipinski definition) is 6. The first kappa shape index (κ1) is 22.7. The monoisotopic (exact) mass is 469 g/mol. The summed E-state index contributed by atoms with van der Waals surface area (Å²) in [6, 6.07) is 21.1. The van der Waals surface area contributed by atoms with Gasteiger partial charge in [-0.05, 0) is 24.6 Å². The van der Waals surface area contributed by atoms with Crippen molar-refractivity contribution in [1.82, 2.24) is 24.5 Å². The molecule has 1 saturated heterocycles. The van der Waals surface area contributed by atoms with Crippen molar-refractivity contribution < 1.29 is 9.32 Å². The number of nitrogens with zero attached hydrogens (tertiary/aromatic N) is 5. The topological polar surface area (TPSA) is 84.5 Å². The first-order chi connectivity index (χ1) is 17.1. The van der Waals surface area contributed by atoms with E-state index in [2.05, 4.69) is 15.0 Å². The summed E-state index contributed by atoms with van der Waals surface area (Å²) in [4.78, 5) is 34.5. The van der Waals surface area contributed by atoms with E-state index in [0.717, 1.165) is 11.1 Å². The molecule has 1 aliphatic heterocycles. The lowest BCUT2D eigenvalue weighted by Crippen LogP contribution is -2.49. The van der Waals surface area contributed by atoms with Crippen LogP contribution in [0.2, 0.25) is 0 Å². The van der Waals surface area contributed by atoms with E-state index in [-0.39, 0.29) is 17.0 Å². The molecule has 35 heavy (non-hydrogen) atoms. The van der Waals surface area contributed by atoms with Crippen molar-refractivity contribution in [2.75, 3.05) is 26.2 Å². The van der Waals surface area contributed by atoms with Crippen molar-refractivity contribution in [3.05, 3.63) is 106 Å². The van der Waals surface area contributed by atoms with Gasteiger partial charge in [0.25, 0.3) is 11.5 Å². The third-order valence-electron chi connectivity index (χ3n) is 6.24. The Balaban J connectivity index is 1.19. The van der Waals surface area contributed by atoms with Crippen LogP contribution >= 0.6 is 0 Å². The van der Waals surface area contributed by atoms with Crippen LogP contribution in [0.15, 0.2) is 82.2 Å². The van der Waals surface area contributed by atoms with Crippen LogP contribution < -0.4 is 5.56 Å². The molecule has 2 aromatic carbocycles. The molecule has 1 fully saturated rings. The van der Waals surface area contributed by atoms with Crippen molar-refractivity contribution in [1.29, 1.82) is 0 Å². The van der Waals surface area contributed by atoms with Gasteiger partial charge in [-0.3, -0.25) is 14.5 Å². The predicted molar refractivity (Wildman–Crippen MR) is 132 cm³/mol. The summed E-state index contributed by atoms with van der Waals surface area (Å²) in [5.74, 6) is 0.897. The molecule has 178 valence electrons. The Morgan fingerprint density at radius 2 is 1.66 bits per heavy atom. The summed E-state index contributed by atoms with van der Waals surface area (Å²) in [6.45, 7) is 5.39. The lowest BCUT2D eigenvalue weighted by Gasteiger charge is -2.33. The molecule has 0 bridgehead atoms. The minimum atomic E-state index is -0.265. The van der Waals surface area contributed by atoms with Crippen LogP contribution in [0.25, 0.3) is 11.4 Å². The SMILES string of the molecule is Cc1ccc(-c2noc(CN3CCN(C(=O)c4cccn(Cc5ccccc5)c4=O)CC3)n2)cc1. The van der Waals surface area contributed by atoms with E-state index >= 15 is 0 Å². The smallest absolute Gasteiger partial charge is 0.263 e. The fourth-order valence-electron chi connectivity index (χ4n) is 4.21. The standard InChI is InChI=1S/C27H27N5O3/c1-20-9-11-22(12-10-20)25-28-24(35-29-25)19-30-14-16-31(17-15-30)26(33)23-8-5-13-32(27(23)34)18-21-6-3-2-4-7-21/h2-13H,14-19H2,1H3. The molecule has 8 heteroatoms. The normalized spacial score (nSPS) is 14.3. The van der Waals surface area contributed by atoms with Gasteiger partial charge in [-0.15, -0.1) is 0 Å². The Morgan fingerprint density at radius 3 is 2.40 bits per heavy atom. The summed E-state index contributed by atoms with van der Waals surface area (Å²) >= 11 is 0. The molecule has 0 unspecified atom stereocenters. The average molecular weight is 470 g/mol. The van der Waals surface area contributed by atoms with Crippen LogP contribution in [0.5, 0.6) is 0 Å². The van der Waals surface area contributed by atoms with Gasteiger partial charge in [0.1, 0.15) is 5.56 Å². The molecule has 2 aromatic heterocycles. The fourth-order valence-corrected chi connectivity index (χ4v) is 4.21. The van der Waals surface area contributed by atoms with Gasteiger partial charge in [0.2, 0.25) is 11.7 Å². The molecule has 0 spiro atoms. The van der Waals surface area contributed by atoms with E-state index in [1.165, 1.54) is 5.56 Å². The molecule has 3 heterocycles. The molecule has 0 radical (unpaired) electrons. The van der Waals surface area contributed by atoms with E-state index < -0.39 is 0 Å². The van der Waals surface area contributed by atoms with Crippen LogP contribution in [-0.2, 0) is 13.1 Å². The summed E-state index contributed by atoms with van der Waals surface area (Å²) in [6.07, 6.45) is 1.72. The molecule has 0 saturated carbocycles. The number of hydrogen-bond donors (Lipinski definition) is 0. The molecule has 5 rings (SSSR count). The highest BCUT2D eigenvalue weighted by molar-refractivity contribution is 5.93. The minimum Gasteiger partial charge on any atom is -0.338 e. The van der Waals surface area contributed by atoms with Crippen molar-refractivity contribution in [3.8, 4) is 11.4 Å².